The van der Waals surface area contributed by atoms with Crippen LogP contribution in [0.1, 0.15) is 49.7 Å². The fraction of sp³-hybridized carbons (Fsp3) is 0.556. The molecule has 0 atom stereocenters. The first-order valence-corrected chi connectivity index (χ1v) is 7.84. The van der Waals surface area contributed by atoms with Gasteiger partial charge in [0.05, 0.1) is 6.61 Å². The third-order valence-electron chi connectivity index (χ3n) is 4.57. The van der Waals surface area contributed by atoms with Crippen LogP contribution in [0.2, 0.25) is 0 Å². The van der Waals surface area contributed by atoms with Gasteiger partial charge in [-0.25, -0.2) is 4.39 Å². The Morgan fingerprint density at radius 1 is 1.25 bits per heavy atom. The molecule has 1 nitrogen and oxygen atoms in total. The maximum absolute atomic E-state index is 14.3. The zero-order valence-electron chi connectivity index (χ0n) is 12.2. The van der Waals surface area contributed by atoms with Gasteiger partial charge in [0.2, 0.25) is 0 Å². The summed E-state index contributed by atoms with van der Waals surface area (Å²) in [5.41, 5.74) is 1.67. The second-order valence-corrected chi connectivity index (χ2v) is 6.22. The van der Waals surface area contributed by atoms with Crippen molar-refractivity contribution < 1.29 is 9.13 Å². The smallest absolute Gasteiger partial charge is 0.168 e. The molecular weight excluding hydrogens is 251 g/mol. The maximum Gasteiger partial charge on any atom is 0.168 e. The summed E-state index contributed by atoms with van der Waals surface area (Å²) in [5, 5.41) is 0. The van der Waals surface area contributed by atoms with E-state index in [-0.39, 0.29) is 5.82 Å². The summed E-state index contributed by atoms with van der Waals surface area (Å²) < 4.78 is 19.8. The molecule has 0 unspecified atom stereocenters. The normalized spacial score (nSPS) is 19.3. The average molecular weight is 274 g/mol. The molecule has 2 fully saturated rings. The van der Waals surface area contributed by atoms with Crippen molar-refractivity contribution in [3.8, 4) is 5.75 Å². The first kappa shape index (κ1) is 13.7. The molecule has 20 heavy (non-hydrogen) atoms. The van der Waals surface area contributed by atoms with Crippen molar-refractivity contribution >= 4 is 6.08 Å². The summed E-state index contributed by atoms with van der Waals surface area (Å²) in [6, 6.07) is 3.75. The van der Waals surface area contributed by atoms with Gasteiger partial charge in [-0.05, 0) is 55.2 Å². The number of rotatable bonds is 6. The summed E-state index contributed by atoms with van der Waals surface area (Å²) in [4.78, 5) is 0. The lowest BCUT2D eigenvalue weighted by Gasteiger charge is -2.21. The van der Waals surface area contributed by atoms with Crippen LogP contribution in [0.25, 0.3) is 6.08 Å². The van der Waals surface area contributed by atoms with Crippen molar-refractivity contribution in [3.63, 3.8) is 0 Å². The van der Waals surface area contributed by atoms with Crippen LogP contribution in [0.5, 0.6) is 5.75 Å². The van der Waals surface area contributed by atoms with Gasteiger partial charge in [0, 0.05) is 0 Å². The Bertz CT molecular complexity index is 498. The van der Waals surface area contributed by atoms with Gasteiger partial charge >= 0.3 is 0 Å². The average Bonchev–Trinajstić information content (AvgIpc) is 3.19. The topological polar surface area (TPSA) is 9.23 Å². The van der Waals surface area contributed by atoms with Crippen LogP contribution in [0.3, 0.4) is 0 Å². The Hall–Kier alpha value is -1.31. The third kappa shape index (κ3) is 3.23. The van der Waals surface area contributed by atoms with Crippen LogP contribution in [0.15, 0.2) is 18.2 Å². The molecule has 0 bridgehead atoms. The molecule has 0 saturated heterocycles. The van der Waals surface area contributed by atoms with Gasteiger partial charge in [0.25, 0.3) is 0 Å². The van der Waals surface area contributed by atoms with Gasteiger partial charge in [-0.3, -0.25) is 0 Å². The highest BCUT2D eigenvalue weighted by atomic mass is 19.1. The molecule has 1 aromatic rings. The number of hydrogen-bond acceptors (Lipinski definition) is 1. The van der Waals surface area contributed by atoms with Gasteiger partial charge in [0.15, 0.2) is 11.6 Å². The van der Waals surface area contributed by atoms with E-state index in [4.69, 9.17) is 4.74 Å². The summed E-state index contributed by atoms with van der Waals surface area (Å²) in [5.74, 6) is 1.73. The fourth-order valence-corrected chi connectivity index (χ4v) is 2.58. The Morgan fingerprint density at radius 2 is 2.05 bits per heavy atom. The van der Waals surface area contributed by atoms with E-state index in [9.17, 15) is 4.39 Å². The van der Waals surface area contributed by atoms with Gasteiger partial charge < -0.3 is 4.74 Å². The lowest BCUT2D eigenvalue weighted by Crippen LogP contribution is -2.07. The molecule has 108 valence electrons. The largest absolute Gasteiger partial charge is 0.490 e. The van der Waals surface area contributed by atoms with E-state index < -0.39 is 0 Å². The van der Waals surface area contributed by atoms with Crippen molar-refractivity contribution in [1.82, 2.24) is 0 Å². The number of hydrogen-bond donors (Lipinski definition) is 0. The second-order valence-electron chi connectivity index (χ2n) is 6.22. The Morgan fingerprint density at radius 3 is 2.70 bits per heavy atom. The highest BCUT2D eigenvalue weighted by Gasteiger charge is 2.21. The van der Waals surface area contributed by atoms with Crippen LogP contribution < -0.4 is 4.74 Å². The van der Waals surface area contributed by atoms with Gasteiger partial charge in [-0.1, -0.05) is 37.5 Å². The highest BCUT2D eigenvalue weighted by Crippen LogP contribution is 2.33. The zero-order chi connectivity index (χ0) is 13.9. The van der Waals surface area contributed by atoms with E-state index in [0.717, 1.165) is 17.9 Å². The van der Waals surface area contributed by atoms with E-state index >= 15 is 0 Å². The van der Waals surface area contributed by atoms with Crippen molar-refractivity contribution in [2.45, 2.75) is 45.4 Å². The van der Waals surface area contributed by atoms with E-state index in [1.165, 1.54) is 32.1 Å². The number of benzene rings is 1. The molecule has 2 heteroatoms. The Labute approximate surface area is 120 Å². The minimum Gasteiger partial charge on any atom is -0.490 e. The first-order valence-electron chi connectivity index (χ1n) is 7.84. The van der Waals surface area contributed by atoms with Crippen LogP contribution in [0, 0.1) is 24.6 Å². The molecule has 0 heterocycles. The summed E-state index contributed by atoms with van der Waals surface area (Å²) in [7, 11) is 0. The minimum absolute atomic E-state index is 0.198. The minimum atomic E-state index is -0.198. The number of allylic oxidation sites excluding steroid dienone is 1. The van der Waals surface area contributed by atoms with Crippen molar-refractivity contribution in [1.29, 1.82) is 0 Å². The third-order valence-corrected chi connectivity index (χ3v) is 4.57. The van der Waals surface area contributed by atoms with E-state index in [1.807, 2.05) is 13.0 Å². The predicted octanol–water partition coefficient (Wildman–Crippen LogP) is 5.13. The lowest BCUT2D eigenvalue weighted by atomic mass is 9.85. The molecular formula is C18H23FO. The van der Waals surface area contributed by atoms with Crippen LogP contribution in [-0.2, 0) is 0 Å². The lowest BCUT2D eigenvalue weighted by molar-refractivity contribution is 0.287. The standard InChI is InChI=1S/C18H23FO/c1-13-16(8-7-14-3-2-4-14)9-10-17(18(13)19)20-12-11-15-5-6-15/h7-10,14-15H,2-6,11-12H2,1H3/b8-7+. The predicted molar refractivity (Wildman–Crippen MR) is 80.3 cm³/mol. The molecule has 0 aliphatic heterocycles. The van der Waals surface area contributed by atoms with Crippen molar-refractivity contribution in [2.75, 3.05) is 6.61 Å². The SMILES string of the molecule is Cc1c(/C=C/C2CCC2)ccc(OCCC2CC2)c1F. The fourth-order valence-electron chi connectivity index (χ4n) is 2.58. The Balaban J connectivity index is 1.63. The quantitative estimate of drug-likeness (QED) is 0.699. The van der Waals surface area contributed by atoms with Gasteiger partial charge in [0.1, 0.15) is 0 Å². The second kappa shape index (κ2) is 5.99. The van der Waals surface area contributed by atoms with Crippen molar-refractivity contribution in [2.24, 2.45) is 11.8 Å². The van der Waals surface area contributed by atoms with Crippen molar-refractivity contribution in [3.05, 3.63) is 35.2 Å². The number of halogens is 1. The zero-order valence-corrected chi connectivity index (χ0v) is 12.2. The van der Waals surface area contributed by atoms with Crippen LogP contribution in [0.4, 0.5) is 4.39 Å². The first-order chi connectivity index (χ1) is 9.74. The molecule has 0 radical (unpaired) electrons. The molecule has 0 spiro atoms. The maximum atomic E-state index is 14.3. The van der Waals surface area contributed by atoms with Crippen LogP contribution >= 0.6 is 0 Å². The molecule has 3 rings (SSSR count). The molecule has 0 N–H and O–H groups in total. The summed E-state index contributed by atoms with van der Waals surface area (Å²) in [6.45, 7) is 2.47. The Kier molecular flexibility index (Phi) is 4.09. The van der Waals surface area contributed by atoms with Crippen LogP contribution in [-0.4, -0.2) is 6.61 Å². The molecule has 2 saturated carbocycles. The van der Waals surface area contributed by atoms with E-state index in [2.05, 4.69) is 12.2 Å². The molecule has 1 aromatic carbocycles. The van der Waals surface area contributed by atoms with Gasteiger partial charge in [-0.15, -0.1) is 0 Å². The molecule has 2 aliphatic carbocycles. The summed E-state index contributed by atoms with van der Waals surface area (Å²) in [6.07, 6.45) is 11.9. The molecule has 0 aromatic heterocycles. The molecule has 0 amide bonds. The van der Waals surface area contributed by atoms with Gasteiger partial charge in [-0.2, -0.15) is 0 Å². The highest BCUT2D eigenvalue weighted by molar-refractivity contribution is 5.56. The monoisotopic (exact) mass is 274 g/mol. The summed E-state index contributed by atoms with van der Waals surface area (Å²) >= 11 is 0. The van der Waals surface area contributed by atoms with E-state index in [1.54, 1.807) is 6.07 Å². The van der Waals surface area contributed by atoms with E-state index in [0.29, 0.717) is 23.8 Å². The number of ether oxygens (including phenoxy) is 1. The molecule has 2 aliphatic rings.